The minimum absolute atomic E-state index is 0.0220. The number of likely N-dealkylation sites (tertiary alicyclic amines) is 1. The van der Waals surface area contributed by atoms with Crippen LogP contribution in [0.2, 0.25) is 0 Å². The van der Waals surface area contributed by atoms with Gasteiger partial charge in [0, 0.05) is 43.9 Å². The van der Waals surface area contributed by atoms with Crippen molar-refractivity contribution in [2.24, 2.45) is 0 Å². The molecule has 0 N–H and O–H groups in total. The van der Waals surface area contributed by atoms with Gasteiger partial charge in [0.15, 0.2) is 0 Å². The minimum Gasteiger partial charge on any atom is -0.462 e. The molecule has 8 heteroatoms. The highest BCUT2D eigenvalue weighted by Crippen LogP contribution is 2.29. The number of nitrogens with zero attached hydrogens (tertiary/aromatic N) is 3. The molecule has 2 aliphatic rings. The van der Waals surface area contributed by atoms with Gasteiger partial charge in [0.1, 0.15) is 5.56 Å². The zero-order valence-corrected chi connectivity index (χ0v) is 14.8. The van der Waals surface area contributed by atoms with E-state index in [1.165, 1.54) is 12.1 Å². The molecule has 3 rings (SSSR count). The number of ether oxygens (including phenoxy) is 1. The molecular formula is C18H23N3O5. The van der Waals surface area contributed by atoms with Gasteiger partial charge in [0.25, 0.3) is 5.69 Å². The average molecular weight is 361 g/mol. The van der Waals surface area contributed by atoms with Crippen molar-refractivity contribution in [3.63, 3.8) is 0 Å². The van der Waals surface area contributed by atoms with Crippen LogP contribution in [0.1, 0.15) is 43.0 Å². The van der Waals surface area contributed by atoms with E-state index >= 15 is 0 Å². The van der Waals surface area contributed by atoms with Gasteiger partial charge in [0.05, 0.1) is 11.5 Å². The standard InChI is InChI=1S/C18H23N3O5/c1-2-26-18(23)15-12-14(5-6-16(15)21(24)25)19-10-7-13(8-11-19)20-9-3-4-17(20)22/h5-6,12-13H,2-4,7-11H2,1H3. The summed E-state index contributed by atoms with van der Waals surface area (Å²) in [7, 11) is 0. The van der Waals surface area contributed by atoms with Crippen molar-refractivity contribution in [1.82, 2.24) is 4.90 Å². The number of rotatable bonds is 5. The molecule has 8 nitrogen and oxygen atoms in total. The molecular weight excluding hydrogens is 338 g/mol. The number of piperidine rings is 1. The van der Waals surface area contributed by atoms with Crippen LogP contribution >= 0.6 is 0 Å². The molecule has 0 aliphatic carbocycles. The Bertz CT molecular complexity index is 713. The fourth-order valence-electron chi connectivity index (χ4n) is 3.74. The first-order valence-corrected chi connectivity index (χ1v) is 9.01. The minimum atomic E-state index is -0.682. The summed E-state index contributed by atoms with van der Waals surface area (Å²) in [6.07, 6.45) is 3.30. The third-order valence-electron chi connectivity index (χ3n) is 5.05. The average Bonchev–Trinajstić information content (AvgIpc) is 3.07. The Labute approximate surface area is 151 Å². The second-order valence-corrected chi connectivity index (χ2v) is 6.59. The van der Waals surface area contributed by atoms with E-state index < -0.39 is 10.9 Å². The van der Waals surface area contributed by atoms with E-state index in [-0.39, 0.29) is 29.8 Å². The van der Waals surface area contributed by atoms with Crippen LogP contribution in [0.4, 0.5) is 11.4 Å². The number of benzene rings is 1. The predicted octanol–water partition coefficient (Wildman–Crippen LogP) is 2.36. The lowest BCUT2D eigenvalue weighted by atomic mass is 10.0. The number of amides is 1. The first-order chi connectivity index (χ1) is 12.5. The lowest BCUT2D eigenvalue weighted by Gasteiger charge is -2.37. The molecule has 26 heavy (non-hydrogen) atoms. The summed E-state index contributed by atoms with van der Waals surface area (Å²) < 4.78 is 4.95. The van der Waals surface area contributed by atoms with E-state index in [0.717, 1.165) is 44.6 Å². The molecule has 1 aromatic rings. The van der Waals surface area contributed by atoms with Crippen LogP contribution < -0.4 is 4.90 Å². The van der Waals surface area contributed by atoms with Crippen molar-refractivity contribution in [3.8, 4) is 0 Å². The van der Waals surface area contributed by atoms with Crippen LogP contribution in [-0.2, 0) is 9.53 Å². The Kier molecular flexibility index (Phi) is 5.39. The molecule has 0 aromatic heterocycles. The highest BCUT2D eigenvalue weighted by molar-refractivity contribution is 5.95. The van der Waals surface area contributed by atoms with Gasteiger partial charge in [-0.2, -0.15) is 0 Å². The van der Waals surface area contributed by atoms with Crippen LogP contribution in [0.3, 0.4) is 0 Å². The Hall–Kier alpha value is -2.64. The molecule has 1 aromatic carbocycles. The highest BCUT2D eigenvalue weighted by Gasteiger charge is 2.31. The van der Waals surface area contributed by atoms with Gasteiger partial charge in [-0.05, 0) is 38.3 Å². The second-order valence-electron chi connectivity index (χ2n) is 6.59. The summed E-state index contributed by atoms with van der Waals surface area (Å²) in [6.45, 7) is 4.16. The molecule has 2 saturated heterocycles. The molecule has 140 valence electrons. The summed E-state index contributed by atoms with van der Waals surface area (Å²) in [4.78, 5) is 38.7. The number of nitro benzene ring substituents is 1. The Morgan fingerprint density at radius 2 is 2.04 bits per heavy atom. The van der Waals surface area contributed by atoms with Gasteiger partial charge in [0.2, 0.25) is 5.91 Å². The zero-order chi connectivity index (χ0) is 18.7. The summed E-state index contributed by atoms with van der Waals surface area (Å²) >= 11 is 0. The molecule has 0 radical (unpaired) electrons. The number of carbonyl (C=O) groups is 2. The molecule has 2 aliphatic heterocycles. The topological polar surface area (TPSA) is 93.0 Å². The first-order valence-electron chi connectivity index (χ1n) is 9.01. The van der Waals surface area contributed by atoms with Crippen LogP contribution in [0.5, 0.6) is 0 Å². The molecule has 2 fully saturated rings. The first kappa shape index (κ1) is 18.2. The number of hydrogen-bond donors (Lipinski definition) is 0. The monoisotopic (exact) mass is 361 g/mol. The molecule has 0 spiro atoms. The molecule has 2 heterocycles. The Morgan fingerprint density at radius 3 is 2.62 bits per heavy atom. The summed E-state index contributed by atoms with van der Waals surface area (Å²) in [5.74, 6) is -0.443. The maximum atomic E-state index is 12.1. The van der Waals surface area contributed by atoms with E-state index in [1.54, 1.807) is 13.0 Å². The second kappa shape index (κ2) is 7.72. The summed E-state index contributed by atoms with van der Waals surface area (Å²) in [5.41, 5.74) is 0.501. The van der Waals surface area contributed by atoms with Crippen molar-refractivity contribution < 1.29 is 19.2 Å². The number of carbonyl (C=O) groups excluding carboxylic acids is 2. The normalized spacial score (nSPS) is 18.3. The quantitative estimate of drug-likeness (QED) is 0.454. The highest BCUT2D eigenvalue weighted by atomic mass is 16.6. The lowest BCUT2D eigenvalue weighted by Crippen LogP contribution is -2.45. The number of anilines is 1. The van der Waals surface area contributed by atoms with E-state index in [4.69, 9.17) is 4.74 Å². The number of hydrogen-bond acceptors (Lipinski definition) is 6. The van der Waals surface area contributed by atoms with Crippen molar-refractivity contribution >= 4 is 23.3 Å². The van der Waals surface area contributed by atoms with Crippen molar-refractivity contribution in [1.29, 1.82) is 0 Å². The van der Waals surface area contributed by atoms with Crippen LogP contribution in [0, 0.1) is 10.1 Å². The maximum absolute atomic E-state index is 12.1. The smallest absolute Gasteiger partial charge is 0.345 e. The summed E-state index contributed by atoms with van der Waals surface area (Å²) in [5, 5.41) is 11.2. The van der Waals surface area contributed by atoms with Crippen molar-refractivity contribution in [3.05, 3.63) is 33.9 Å². The van der Waals surface area contributed by atoms with Crippen LogP contribution in [0.15, 0.2) is 18.2 Å². The fraction of sp³-hybridized carbons (Fsp3) is 0.556. The van der Waals surface area contributed by atoms with Gasteiger partial charge in [-0.25, -0.2) is 4.79 Å². The predicted molar refractivity (Wildman–Crippen MR) is 95.2 cm³/mol. The third kappa shape index (κ3) is 3.63. The van der Waals surface area contributed by atoms with Crippen LogP contribution in [0.25, 0.3) is 0 Å². The van der Waals surface area contributed by atoms with E-state index in [9.17, 15) is 19.7 Å². The fourth-order valence-corrected chi connectivity index (χ4v) is 3.74. The molecule has 0 saturated carbocycles. The Balaban J connectivity index is 1.73. The maximum Gasteiger partial charge on any atom is 0.345 e. The molecule has 0 atom stereocenters. The van der Waals surface area contributed by atoms with Gasteiger partial charge >= 0.3 is 5.97 Å². The SMILES string of the molecule is CCOC(=O)c1cc(N2CCC(N3CCCC3=O)CC2)ccc1[N+](=O)[O-]. The summed E-state index contributed by atoms with van der Waals surface area (Å²) in [6, 6.07) is 4.83. The molecule has 0 bridgehead atoms. The van der Waals surface area contributed by atoms with Gasteiger partial charge < -0.3 is 14.5 Å². The van der Waals surface area contributed by atoms with Crippen molar-refractivity contribution in [2.75, 3.05) is 31.1 Å². The zero-order valence-electron chi connectivity index (χ0n) is 14.8. The molecule has 1 amide bonds. The van der Waals surface area contributed by atoms with Crippen molar-refractivity contribution in [2.45, 2.75) is 38.6 Å². The van der Waals surface area contributed by atoms with Gasteiger partial charge in [-0.1, -0.05) is 0 Å². The number of nitro groups is 1. The van der Waals surface area contributed by atoms with Crippen LogP contribution in [-0.4, -0.2) is 54.0 Å². The van der Waals surface area contributed by atoms with E-state index in [1.807, 2.05) is 4.90 Å². The van der Waals surface area contributed by atoms with E-state index in [0.29, 0.717) is 6.42 Å². The Morgan fingerprint density at radius 1 is 1.31 bits per heavy atom. The van der Waals surface area contributed by atoms with Gasteiger partial charge in [-0.3, -0.25) is 14.9 Å². The van der Waals surface area contributed by atoms with Gasteiger partial charge in [-0.15, -0.1) is 0 Å². The molecule has 0 unspecified atom stereocenters. The number of esters is 1. The van der Waals surface area contributed by atoms with E-state index in [2.05, 4.69) is 4.90 Å². The third-order valence-corrected chi connectivity index (χ3v) is 5.05. The lowest BCUT2D eigenvalue weighted by molar-refractivity contribution is -0.385. The largest absolute Gasteiger partial charge is 0.462 e.